The predicted molar refractivity (Wildman–Crippen MR) is 121 cm³/mol. The van der Waals surface area contributed by atoms with Crippen LogP contribution >= 0.6 is 0 Å². The highest BCUT2D eigenvalue weighted by Gasteiger charge is 2.28. The van der Waals surface area contributed by atoms with E-state index in [9.17, 15) is 13.2 Å². The second-order valence-electron chi connectivity index (χ2n) is 8.00. The molecule has 0 saturated carbocycles. The SMILES string of the molecule is O=C(CNS(=O)(=O)c1ccc2ccccc2c1)N1CCC[C@H](c2nnc3ccccn23)C1. The largest absolute Gasteiger partial charge is 0.341 e. The summed E-state index contributed by atoms with van der Waals surface area (Å²) in [5.74, 6) is 0.643. The van der Waals surface area contributed by atoms with E-state index in [4.69, 9.17) is 0 Å². The third-order valence-electron chi connectivity index (χ3n) is 5.92. The monoisotopic (exact) mass is 449 g/mol. The van der Waals surface area contributed by atoms with E-state index in [-0.39, 0.29) is 23.3 Å². The molecule has 32 heavy (non-hydrogen) atoms. The molecule has 4 aromatic rings. The Hall–Kier alpha value is -3.30. The summed E-state index contributed by atoms with van der Waals surface area (Å²) in [7, 11) is -3.79. The van der Waals surface area contributed by atoms with Crippen molar-refractivity contribution >= 4 is 32.4 Å². The van der Waals surface area contributed by atoms with E-state index >= 15 is 0 Å². The molecule has 5 rings (SSSR count). The van der Waals surface area contributed by atoms with Gasteiger partial charge in [-0.3, -0.25) is 9.20 Å². The number of likely N-dealkylation sites (tertiary alicyclic amines) is 1. The topological polar surface area (TPSA) is 96.7 Å². The van der Waals surface area contributed by atoms with Gasteiger partial charge in [0.05, 0.1) is 11.4 Å². The number of nitrogens with zero attached hydrogens (tertiary/aromatic N) is 4. The maximum absolute atomic E-state index is 12.8. The number of benzene rings is 2. The molecule has 1 atom stereocenters. The lowest BCUT2D eigenvalue weighted by Crippen LogP contribution is -2.44. The minimum Gasteiger partial charge on any atom is -0.341 e. The Morgan fingerprint density at radius 2 is 1.84 bits per heavy atom. The summed E-state index contributed by atoms with van der Waals surface area (Å²) in [5.41, 5.74) is 0.772. The quantitative estimate of drug-likeness (QED) is 0.505. The molecule has 3 heterocycles. The summed E-state index contributed by atoms with van der Waals surface area (Å²) in [5, 5.41) is 10.3. The first kappa shape index (κ1) is 20.6. The molecule has 1 N–H and O–H groups in total. The van der Waals surface area contributed by atoms with Crippen molar-refractivity contribution in [1.29, 1.82) is 0 Å². The summed E-state index contributed by atoms with van der Waals surface area (Å²) in [6.07, 6.45) is 3.65. The summed E-state index contributed by atoms with van der Waals surface area (Å²) in [6.45, 7) is 0.818. The summed E-state index contributed by atoms with van der Waals surface area (Å²) >= 11 is 0. The smallest absolute Gasteiger partial charge is 0.241 e. The van der Waals surface area contributed by atoms with Crippen molar-refractivity contribution < 1.29 is 13.2 Å². The first-order chi connectivity index (χ1) is 15.5. The average Bonchev–Trinajstić information content (AvgIpc) is 3.26. The molecule has 0 unspecified atom stereocenters. The predicted octanol–water partition coefficient (Wildman–Crippen LogP) is 2.57. The van der Waals surface area contributed by atoms with Crippen LogP contribution in [0.1, 0.15) is 24.6 Å². The third kappa shape index (κ3) is 3.96. The standard InChI is InChI=1S/C23H23N5O3S/c29-22(15-24-32(30,31)20-11-10-17-6-1-2-7-18(17)14-20)27-12-5-8-19(16-27)23-26-25-21-9-3-4-13-28(21)23/h1-4,6-7,9-11,13-14,19,24H,5,8,12,15-16H2/t19-/m0/s1. The van der Waals surface area contributed by atoms with Crippen molar-refractivity contribution in [3.05, 3.63) is 72.7 Å². The highest BCUT2D eigenvalue weighted by atomic mass is 32.2. The van der Waals surface area contributed by atoms with Crippen LogP contribution in [-0.4, -0.2) is 53.5 Å². The van der Waals surface area contributed by atoms with Crippen molar-refractivity contribution in [3.8, 4) is 0 Å². The highest BCUT2D eigenvalue weighted by molar-refractivity contribution is 7.89. The number of aromatic nitrogens is 3. The molecule has 0 spiro atoms. The Balaban J connectivity index is 1.27. The van der Waals surface area contributed by atoms with Gasteiger partial charge >= 0.3 is 0 Å². The molecule has 2 aromatic heterocycles. The maximum atomic E-state index is 12.8. The molecule has 1 amide bonds. The number of hydrogen-bond acceptors (Lipinski definition) is 5. The summed E-state index contributed by atoms with van der Waals surface area (Å²) in [6, 6.07) is 18.2. The van der Waals surface area contributed by atoms with Crippen LogP contribution in [0.25, 0.3) is 16.4 Å². The molecule has 0 bridgehead atoms. The van der Waals surface area contributed by atoms with E-state index in [0.29, 0.717) is 13.1 Å². The van der Waals surface area contributed by atoms with E-state index in [1.165, 1.54) is 0 Å². The third-order valence-corrected chi connectivity index (χ3v) is 7.32. The lowest BCUT2D eigenvalue weighted by molar-refractivity contribution is -0.131. The van der Waals surface area contributed by atoms with Crippen molar-refractivity contribution in [3.63, 3.8) is 0 Å². The molecular weight excluding hydrogens is 426 g/mol. The van der Waals surface area contributed by atoms with Crippen LogP contribution in [-0.2, 0) is 14.8 Å². The van der Waals surface area contributed by atoms with Crippen LogP contribution in [0.5, 0.6) is 0 Å². The number of pyridine rings is 1. The van der Waals surface area contributed by atoms with Gasteiger partial charge in [0.2, 0.25) is 15.9 Å². The molecule has 0 aliphatic carbocycles. The molecule has 8 nitrogen and oxygen atoms in total. The Morgan fingerprint density at radius 3 is 2.72 bits per heavy atom. The van der Waals surface area contributed by atoms with Gasteiger partial charge in [0.25, 0.3) is 0 Å². The Bertz CT molecular complexity index is 1400. The lowest BCUT2D eigenvalue weighted by atomic mass is 9.97. The van der Waals surface area contributed by atoms with Gasteiger partial charge in [-0.25, -0.2) is 13.1 Å². The van der Waals surface area contributed by atoms with Crippen LogP contribution < -0.4 is 4.72 Å². The number of nitrogens with one attached hydrogen (secondary N) is 1. The number of amides is 1. The van der Waals surface area contributed by atoms with Gasteiger partial charge in [0, 0.05) is 25.2 Å². The zero-order valence-electron chi connectivity index (χ0n) is 17.4. The van der Waals surface area contributed by atoms with E-state index in [2.05, 4.69) is 14.9 Å². The fraction of sp³-hybridized carbons (Fsp3) is 0.261. The number of sulfonamides is 1. The van der Waals surface area contributed by atoms with Gasteiger partial charge in [-0.1, -0.05) is 36.4 Å². The zero-order valence-corrected chi connectivity index (χ0v) is 18.2. The molecule has 1 saturated heterocycles. The number of rotatable bonds is 5. The van der Waals surface area contributed by atoms with Crippen molar-refractivity contribution in [2.45, 2.75) is 23.7 Å². The summed E-state index contributed by atoms with van der Waals surface area (Å²) in [4.78, 5) is 14.7. The van der Waals surface area contributed by atoms with Crippen LogP contribution in [0.2, 0.25) is 0 Å². The second-order valence-corrected chi connectivity index (χ2v) is 9.77. The maximum Gasteiger partial charge on any atom is 0.241 e. The van der Waals surface area contributed by atoms with E-state index in [0.717, 1.165) is 35.1 Å². The number of hydrogen-bond donors (Lipinski definition) is 1. The van der Waals surface area contributed by atoms with Gasteiger partial charge in [0.15, 0.2) is 5.65 Å². The Labute approximate surface area is 185 Å². The normalized spacial score (nSPS) is 17.1. The molecule has 0 radical (unpaired) electrons. The second kappa shape index (κ2) is 8.33. The molecule has 2 aromatic carbocycles. The van der Waals surface area contributed by atoms with Gasteiger partial charge in [0.1, 0.15) is 5.82 Å². The van der Waals surface area contributed by atoms with Crippen LogP contribution in [0.15, 0.2) is 71.8 Å². The molecule has 1 fully saturated rings. The van der Waals surface area contributed by atoms with Crippen LogP contribution in [0.3, 0.4) is 0 Å². The molecule has 1 aliphatic rings. The first-order valence-electron chi connectivity index (χ1n) is 10.6. The fourth-order valence-electron chi connectivity index (χ4n) is 4.24. The average molecular weight is 450 g/mol. The van der Waals surface area contributed by atoms with Crippen molar-refractivity contribution in [2.24, 2.45) is 0 Å². The van der Waals surface area contributed by atoms with Gasteiger partial charge in [-0.05, 0) is 47.9 Å². The minimum atomic E-state index is -3.79. The number of fused-ring (bicyclic) bond motifs is 2. The van der Waals surface area contributed by atoms with Gasteiger partial charge in [-0.15, -0.1) is 10.2 Å². The molecule has 1 aliphatic heterocycles. The lowest BCUT2D eigenvalue weighted by Gasteiger charge is -2.32. The number of carbonyl (C=O) groups is 1. The van der Waals surface area contributed by atoms with Crippen molar-refractivity contribution in [1.82, 2.24) is 24.2 Å². The molecule has 9 heteroatoms. The Kier molecular flexibility index (Phi) is 5.36. The zero-order chi connectivity index (χ0) is 22.1. The fourth-order valence-corrected chi connectivity index (χ4v) is 5.25. The number of carbonyl (C=O) groups excluding carboxylic acids is 1. The van der Waals surface area contributed by atoms with E-state index in [1.807, 2.05) is 53.1 Å². The molecular formula is C23H23N5O3S. The van der Waals surface area contributed by atoms with Crippen LogP contribution in [0, 0.1) is 0 Å². The minimum absolute atomic E-state index is 0.0576. The summed E-state index contributed by atoms with van der Waals surface area (Å²) < 4.78 is 29.9. The Morgan fingerprint density at radius 1 is 1.03 bits per heavy atom. The molecule has 164 valence electrons. The number of piperidine rings is 1. The first-order valence-corrected chi connectivity index (χ1v) is 12.1. The van der Waals surface area contributed by atoms with Crippen molar-refractivity contribution in [2.75, 3.05) is 19.6 Å². The van der Waals surface area contributed by atoms with E-state index in [1.54, 1.807) is 23.1 Å². The highest BCUT2D eigenvalue weighted by Crippen LogP contribution is 2.26. The van der Waals surface area contributed by atoms with Gasteiger partial charge < -0.3 is 4.90 Å². The van der Waals surface area contributed by atoms with Gasteiger partial charge in [-0.2, -0.15) is 0 Å². The van der Waals surface area contributed by atoms with E-state index < -0.39 is 10.0 Å². The van der Waals surface area contributed by atoms with Crippen LogP contribution in [0.4, 0.5) is 0 Å².